The van der Waals surface area contributed by atoms with Gasteiger partial charge in [-0.2, -0.15) is 4.98 Å². The molecule has 0 unspecified atom stereocenters. The van der Waals surface area contributed by atoms with Crippen molar-refractivity contribution in [3.05, 3.63) is 36.0 Å². The van der Waals surface area contributed by atoms with Crippen LogP contribution in [0.1, 0.15) is 18.9 Å². The van der Waals surface area contributed by atoms with Crippen LogP contribution < -0.4 is 11.1 Å². The summed E-state index contributed by atoms with van der Waals surface area (Å²) >= 11 is 0. The first-order valence-electron chi connectivity index (χ1n) is 5.66. The van der Waals surface area contributed by atoms with Crippen LogP contribution in [0.5, 0.6) is 0 Å². The van der Waals surface area contributed by atoms with Crippen LogP contribution in [0.2, 0.25) is 0 Å². The fourth-order valence-corrected chi connectivity index (χ4v) is 1.47. The van der Waals surface area contributed by atoms with Crippen molar-refractivity contribution < 1.29 is 13.7 Å². The molecule has 0 saturated carbocycles. The molecule has 0 radical (unpaired) electrons. The van der Waals surface area contributed by atoms with Crippen molar-refractivity contribution in [2.45, 2.75) is 13.0 Å². The van der Waals surface area contributed by atoms with Crippen molar-refractivity contribution in [2.24, 2.45) is 5.73 Å². The summed E-state index contributed by atoms with van der Waals surface area (Å²) in [4.78, 5) is 14.8. The number of carbonyl (C=O) groups excluding carboxylic acids is 1. The maximum absolute atomic E-state index is 13.1. The molecule has 0 aliphatic heterocycles. The predicted octanol–water partition coefficient (Wildman–Crippen LogP) is 1.43. The van der Waals surface area contributed by atoms with E-state index in [1.54, 1.807) is 12.1 Å². The van der Waals surface area contributed by atoms with Crippen molar-refractivity contribution in [2.75, 3.05) is 6.54 Å². The van der Waals surface area contributed by atoms with Gasteiger partial charge in [-0.05, 0) is 12.1 Å². The maximum atomic E-state index is 13.1. The number of benzene rings is 1. The van der Waals surface area contributed by atoms with Gasteiger partial charge in [0.25, 0.3) is 0 Å². The lowest BCUT2D eigenvalue weighted by atomic mass is 10.2. The lowest BCUT2D eigenvalue weighted by Gasteiger charge is -2.06. The molecule has 20 heavy (non-hydrogen) atoms. The Labute approximate surface area is 121 Å². The van der Waals surface area contributed by atoms with Gasteiger partial charge in [-0.15, -0.1) is 12.4 Å². The van der Waals surface area contributed by atoms with E-state index in [9.17, 15) is 9.18 Å². The minimum Gasteiger partial charge on any atom is -0.354 e. The Morgan fingerprint density at radius 1 is 1.55 bits per heavy atom. The summed E-state index contributed by atoms with van der Waals surface area (Å²) < 4.78 is 18.1. The second kappa shape index (κ2) is 6.97. The number of nitrogens with two attached hydrogens (primary N) is 1. The van der Waals surface area contributed by atoms with Gasteiger partial charge in [-0.25, -0.2) is 4.39 Å². The first kappa shape index (κ1) is 16.1. The Morgan fingerprint density at radius 3 is 2.95 bits per heavy atom. The smallest absolute Gasteiger partial charge is 0.245 e. The summed E-state index contributed by atoms with van der Waals surface area (Å²) in [6, 6.07) is 5.24. The molecule has 2 rings (SSSR count). The molecule has 0 bridgehead atoms. The van der Waals surface area contributed by atoms with Crippen molar-refractivity contribution in [3.63, 3.8) is 0 Å². The molecule has 1 aromatic carbocycles. The van der Waals surface area contributed by atoms with Gasteiger partial charge in [0, 0.05) is 19.0 Å². The summed E-state index contributed by atoms with van der Waals surface area (Å²) in [5.41, 5.74) is 6.28. The zero-order valence-electron chi connectivity index (χ0n) is 10.7. The highest BCUT2D eigenvalue weighted by Crippen LogP contribution is 2.18. The molecule has 1 heterocycles. The molecule has 2 aromatic rings. The molecule has 0 aliphatic carbocycles. The Bertz CT molecular complexity index is 590. The van der Waals surface area contributed by atoms with E-state index in [0.717, 1.165) is 0 Å². The predicted molar refractivity (Wildman–Crippen MR) is 72.6 cm³/mol. The van der Waals surface area contributed by atoms with Crippen LogP contribution in [0, 0.1) is 5.82 Å². The topological polar surface area (TPSA) is 94.0 Å². The van der Waals surface area contributed by atoms with E-state index < -0.39 is 6.04 Å². The van der Waals surface area contributed by atoms with Gasteiger partial charge >= 0.3 is 0 Å². The molecule has 108 valence electrons. The lowest BCUT2D eigenvalue weighted by Crippen LogP contribution is -2.30. The number of hydrogen-bond acceptors (Lipinski definition) is 5. The van der Waals surface area contributed by atoms with Gasteiger partial charge in [0.1, 0.15) is 11.9 Å². The summed E-state index contributed by atoms with van der Waals surface area (Å²) in [5.74, 6) is -0.132. The quantitative estimate of drug-likeness (QED) is 0.891. The second-order valence-corrected chi connectivity index (χ2v) is 4.01. The molecular formula is C12H14ClFN4O2. The SMILES string of the molecule is CC(=O)NC[C@H](N)c1nc(-c2cccc(F)c2)no1.Cl. The van der Waals surface area contributed by atoms with Crippen molar-refractivity contribution in [1.82, 2.24) is 15.5 Å². The largest absolute Gasteiger partial charge is 0.354 e. The van der Waals surface area contributed by atoms with Gasteiger partial charge in [-0.1, -0.05) is 17.3 Å². The first-order valence-corrected chi connectivity index (χ1v) is 5.66. The fourth-order valence-electron chi connectivity index (χ4n) is 1.47. The van der Waals surface area contributed by atoms with E-state index in [-0.39, 0.29) is 42.4 Å². The molecule has 0 spiro atoms. The van der Waals surface area contributed by atoms with E-state index >= 15 is 0 Å². The van der Waals surface area contributed by atoms with E-state index in [2.05, 4.69) is 15.5 Å². The molecule has 0 aliphatic rings. The molecule has 1 amide bonds. The number of carbonyl (C=O) groups is 1. The molecule has 1 atom stereocenters. The highest BCUT2D eigenvalue weighted by atomic mass is 35.5. The van der Waals surface area contributed by atoms with Gasteiger partial charge in [0.2, 0.25) is 17.6 Å². The number of rotatable bonds is 4. The Kier molecular flexibility index (Phi) is 5.60. The third-order valence-corrected chi connectivity index (χ3v) is 2.41. The molecule has 3 N–H and O–H groups in total. The highest BCUT2D eigenvalue weighted by Gasteiger charge is 2.16. The van der Waals surface area contributed by atoms with E-state index in [1.165, 1.54) is 19.1 Å². The summed E-state index contributed by atoms with van der Waals surface area (Å²) in [6.07, 6.45) is 0. The Hall–Kier alpha value is -1.99. The van der Waals surface area contributed by atoms with E-state index in [4.69, 9.17) is 10.3 Å². The zero-order chi connectivity index (χ0) is 13.8. The number of aromatic nitrogens is 2. The molecular weight excluding hydrogens is 287 g/mol. The van der Waals surface area contributed by atoms with Crippen LogP contribution in [0.4, 0.5) is 4.39 Å². The number of amides is 1. The van der Waals surface area contributed by atoms with E-state index in [1.807, 2.05) is 0 Å². The maximum Gasteiger partial charge on any atom is 0.245 e. The number of nitrogens with zero attached hydrogens (tertiary/aromatic N) is 2. The van der Waals surface area contributed by atoms with Crippen molar-refractivity contribution in [3.8, 4) is 11.4 Å². The summed E-state index contributed by atoms with van der Waals surface area (Å²) in [6.45, 7) is 1.58. The molecule has 6 nitrogen and oxygen atoms in total. The average Bonchev–Trinajstić information content (AvgIpc) is 2.85. The van der Waals surface area contributed by atoms with Crippen LogP contribution in [-0.4, -0.2) is 22.6 Å². The van der Waals surface area contributed by atoms with Crippen LogP contribution in [0.25, 0.3) is 11.4 Å². The molecule has 0 fully saturated rings. The Balaban J connectivity index is 0.00000200. The number of halogens is 2. The Morgan fingerprint density at radius 2 is 2.30 bits per heavy atom. The van der Waals surface area contributed by atoms with Gasteiger partial charge in [0.15, 0.2) is 0 Å². The zero-order valence-corrected chi connectivity index (χ0v) is 11.5. The van der Waals surface area contributed by atoms with Crippen LogP contribution in [0.3, 0.4) is 0 Å². The van der Waals surface area contributed by atoms with Crippen molar-refractivity contribution in [1.29, 1.82) is 0 Å². The average molecular weight is 301 g/mol. The third-order valence-electron chi connectivity index (χ3n) is 2.41. The lowest BCUT2D eigenvalue weighted by molar-refractivity contribution is -0.119. The highest BCUT2D eigenvalue weighted by molar-refractivity contribution is 5.85. The summed E-state index contributed by atoms with van der Waals surface area (Å²) in [7, 11) is 0. The van der Waals surface area contributed by atoms with Crippen LogP contribution >= 0.6 is 12.4 Å². The minimum atomic E-state index is -0.598. The normalized spacial score (nSPS) is 11.6. The minimum absolute atomic E-state index is 0. The molecule has 8 heteroatoms. The molecule has 0 saturated heterocycles. The van der Waals surface area contributed by atoms with Crippen LogP contribution in [0.15, 0.2) is 28.8 Å². The standard InChI is InChI=1S/C12H13FN4O2.ClH/c1-7(18)15-6-10(14)12-16-11(17-19-12)8-3-2-4-9(13)5-8;/h2-5,10H,6,14H2,1H3,(H,15,18);1H/t10-;/m0./s1. The molecule has 1 aromatic heterocycles. The van der Waals surface area contributed by atoms with Gasteiger partial charge in [-0.3, -0.25) is 4.79 Å². The number of nitrogens with one attached hydrogen (secondary N) is 1. The monoisotopic (exact) mass is 300 g/mol. The number of hydrogen-bond donors (Lipinski definition) is 2. The van der Waals surface area contributed by atoms with Crippen molar-refractivity contribution >= 4 is 18.3 Å². The fraction of sp³-hybridized carbons (Fsp3) is 0.250. The first-order chi connectivity index (χ1) is 9.06. The summed E-state index contributed by atoms with van der Waals surface area (Å²) in [5, 5.41) is 6.28. The van der Waals surface area contributed by atoms with E-state index in [0.29, 0.717) is 5.56 Å². The van der Waals surface area contributed by atoms with Gasteiger partial charge < -0.3 is 15.6 Å². The second-order valence-electron chi connectivity index (χ2n) is 4.01. The third kappa shape index (κ3) is 4.01. The van der Waals surface area contributed by atoms with Gasteiger partial charge in [0.05, 0.1) is 0 Å². The van der Waals surface area contributed by atoms with Crippen LogP contribution in [-0.2, 0) is 4.79 Å².